The van der Waals surface area contributed by atoms with Gasteiger partial charge in [0.1, 0.15) is 0 Å². The van der Waals surface area contributed by atoms with Crippen molar-refractivity contribution in [2.45, 2.75) is 0 Å². The first-order valence-electron chi connectivity index (χ1n) is 0. The minimum absolute atomic E-state index is 0. The van der Waals surface area contributed by atoms with E-state index in [1.165, 1.54) is 0 Å². The summed E-state index contributed by atoms with van der Waals surface area (Å²) in [4.78, 5) is 0. The van der Waals surface area contributed by atoms with Crippen molar-refractivity contribution < 1.29 is 757 Å². The Hall–Kier alpha value is 24.0. The standard InChI is InChI=1S/B.20Co.20W. The molecule has 303 valence electrons. The van der Waals surface area contributed by atoms with E-state index in [4.69, 9.17) is 0 Å². The summed E-state index contributed by atoms with van der Waals surface area (Å²) in [6.45, 7) is 0. The summed E-state index contributed by atoms with van der Waals surface area (Å²) in [5.74, 6) is 0. The molecule has 41 heavy (non-hydrogen) atoms. The van der Waals surface area contributed by atoms with Gasteiger partial charge in [-0.3, -0.25) is 0 Å². The Morgan fingerprint density at radius 1 is 0.0732 bits per heavy atom. The van der Waals surface area contributed by atoms with Crippen molar-refractivity contribution in [3.63, 3.8) is 0 Å². The summed E-state index contributed by atoms with van der Waals surface area (Å²) < 4.78 is 0. The Labute approximate surface area is 744 Å². The molecule has 0 unspecified atom stereocenters. The van der Waals surface area contributed by atoms with E-state index in [0.717, 1.165) is 0 Å². The van der Waals surface area contributed by atoms with E-state index in [1.807, 2.05) is 0 Å². The van der Waals surface area contributed by atoms with Gasteiger partial charge in [-0.15, -0.1) is 0 Å². The molecule has 0 bridgehead atoms. The van der Waals surface area contributed by atoms with Crippen molar-refractivity contribution in [1.29, 1.82) is 0 Å². The van der Waals surface area contributed by atoms with E-state index in [1.54, 1.807) is 0 Å². The third-order valence-electron chi connectivity index (χ3n) is 0. The normalized spacial score (nSPS) is 0. The van der Waals surface area contributed by atoms with Crippen LogP contribution in [0.4, 0.5) is 0 Å². The van der Waals surface area contributed by atoms with Crippen LogP contribution in [0.15, 0.2) is 0 Å². The molecule has 41 heteroatoms. The monoisotopic (exact) mass is 4870 g/mol. The Kier molecular flexibility index (Phi) is 4990. The quantitative estimate of drug-likeness (QED) is 0.288. The molecule has 0 aromatic carbocycles. The van der Waals surface area contributed by atoms with Crippen LogP contribution in [0, 0.1) is 0 Å². The molecule has 0 fully saturated rings. The fourth-order valence-electron chi connectivity index (χ4n) is 0. The largest absolute Gasteiger partial charge is 0 e. The van der Waals surface area contributed by atoms with E-state index >= 15 is 0 Å². The number of hydrogen-bond acceptors (Lipinski definition) is 0. The van der Waals surface area contributed by atoms with Crippen molar-refractivity contribution in [3.8, 4) is 0 Å². The maximum atomic E-state index is 0. The van der Waals surface area contributed by atoms with Crippen molar-refractivity contribution in [3.05, 3.63) is 0 Å². The van der Waals surface area contributed by atoms with E-state index < -0.39 is 0 Å². The van der Waals surface area contributed by atoms with Crippen LogP contribution in [0.2, 0.25) is 0 Å². The van der Waals surface area contributed by atoms with Crippen LogP contribution < -0.4 is 0 Å². The molecule has 0 aliphatic rings. The summed E-state index contributed by atoms with van der Waals surface area (Å²) >= 11 is 0. The van der Waals surface area contributed by atoms with Crippen molar-refractivity contribution in [2.24, 2.45) is 0 Å². The van der Waals surface area contributed by atoms with Gasteiger partial charge in [-0.2, -0.15) is 0 Å². The zero-order valence-electron chi connectivity index (χ0n) is 15.4. The van der Waals surface area contributed by atoms with Gasteiger partial charge >= 0.3 is 0 Å². The van der Waals surface area contributed by atoms with Crippen LogP contribution in [0.3, 0.4) is 0 Å². The van der Waals surface area contributed by atoms with Crippen LogP contribution in [-0.4, -0.2) is 8.41 Å². The molecule has 0 aliphatic heterocycles. The molecule has 0 aromatic rings. The van der Waals surface area contributed by atoms with Gasteiger partial charge in [-0.1, -0.05) is 0 Å². The topological polar surface area (TPSA) is 0 Å². The van der Waals surface area contributed by atoms with Gasteiger partial charge in [-0.05, 0) is 0 Å². The maximum absolute atomic E-state index is 0. The smallest absolute Gasteiger partial charge is 0 e. The van der Waals surface area contributed by atoms with Crippen LogP contribution in [-0.2, 0) is 757 Å². The maximum Gasteiger partial charge on any atom is 0 e. The molecular formula is BCo20W20. The minimum Gasteiger partial charge on any atom is 0 e. The number of hydrogen-bond donors (Lipinski definition) is 0. The summed E-state index contributed by atoms with van der Waals surface area (Å²) in [5, 5.41) is 0. The fraction of sp³-hybridized carbons (Fsp3) is 0. The Morgan fingerprint density at radius 2 is 0.0732 bits per heavy atom. The van der Waals surface area contributed by atoms with E-state index in [2.05, 4.69) is 0 Å². The summed E-state index contributed by atoms with van der Waals surface area (Å²) in [6.07, 6.45) is 0. The van der Waals surface area contributed by atoms with Crippen molar-refractivity contribution >= 4 is 8.41 Å². The van der Waals surface area contributed by atoms with Crippen molar-refractivity contribution in [1.82, 2.24) is 0 Å². The molecular weight excluding hydrogens is 4870 g/mol. The summed E-state index contributed by atoms with van der Waals surface area (Å²) in [6, 6.07) is 0. The third kappa shape index (κ3) is 428. The van der Waals surface area contributed by atoms with E-state index in [0.29, 0.717) is 0 Å². The van der Waals surface area contributed by atoms with Crippen LogP contribution in [0.1, 0.15) is 0 Å². The minimum atomic E-state index is 0. The van der Waals surface area contributed by atoms with Gasteiger partial charge in [0.15, 0.2) is 0 Å². The molecule has 0 atom stereocenters. The number of rotatable bonds is 0. The molecule has 0 N–H and O–H groups in total. The average Bonchev–Trinajstić information content (AvgIpc) is 0. The Morgan fingerprint density at radius 3 is 0.0732 bits per heavy atom. The van der Waals surface area contributed by atoms with Crippen molar-refractivity contribution in [2.75, 3.05) is 0 Å². The van der Waals surface area contributed by atoms with Gasteiger partial charge in [0.25, 0.3) is 0 Å². The van der Waals surface area contributed by atoms with Crippen LogP contribution in [0.5, 0.6) is 0 Å². The first-order valence-corrected chi connectivity index (χ1v) is 0. The van der Waals surface area contributed by atoms with Crippen LogP contribution in [0.25, 0.3) is 0 Å². The first kappa shape index (κ1) is 463. The van der Waals surface area contributed by atoms with Gasteiger partial charge in [-0.25, -0.2) is 0 Å². The molecule has 0 heterocycles. The molecule has 0 spiro atoms. The van der Waals surface area contributed by atoms with Gasteiger partial charge in [0.2, 0.25) is 0 Å². The zero-order chi connectivity index (χ0) is 0. The molecule has 0 rings (SSSR count). The predicted octanol–water partition coefficient (Wildman–Crippen LogP) is -0.481. The zero-order valence-corrected chi connectivity index (χ0v) is 94.9. The summed E-state index contributed by atoms with van der Waals surface area (Å²) in [5.41, 5.74) is 0. The fourth-order valence-corrected chi connectivity index (χ4v) is 0. The second-order valence-corrected chi connectivity index (χ2v) is 0. The first-order chi connectivity index (χ1) is 0. The third-order valence-corrected chi connectivity index (χ3v) is 0. The molecule has 0 aromatic heterocycles. The van der Waals surface area contributed by atoms with Crippen LogP contribution >= 0.6 is 0 Å². The Bertz CT molecular complexity index is 46.8. The molecule has 0 amide bonds. The van der Waals surface area contributed by atoms with E-state index in [9.17, 15) is 0 Å². The average molecular weight is 4870 g/mol. The molecule has 0 saturated heterocycles. The molecule has 0 aliphatic carbocycles. The predicted molar refractivity (Wildman–Crippen MR) is 5.75 cm³/mol. The van der Waals surface area contributed by atoms with Gasteiger partial charge in [0.05, 0.1) is 0 Å². The molecule has 23 radical (unpaired) electrons. The second kappa shape index (κ2) is 442. The SMILES string of the molecule is [B].[Co].[Co].[Co].[Co].[Co].[Co].[Co].[Co].[Co].[Co].[Co].[Co].[Co].[Co].[Co].[Co].[Co].[Co].[Co].[Co].[W].[W].[W].[W].[W].[W].[W].[W].[W].[W].[W].[W].[W].[W].[W].[W].[W].[W].[W].[W]. The summed E-state index contributed by atoms with van der Waals surface area (Å²) in [7, 11) is 0. The van der Waals surface area contributed by atoms with Gasteiger partial charge < -0.3 is 0 Å². The molecule has 0 nitrogen and oxygen atoms in total. The van der Waals surface area contributed by atoms with Gasteiger partial charge in [0, 0.05) is 765 Å². The molecule has 0 saturated carbocycles. The van der Waals surface area contributed by atoms with E-state index in [-0.39, 0.29) is 765 Å². The Balaban J connectivity index is 0. The second-order valence-electron chi connectivity index (χ2n) is 0.